The molecule has 1 aromatic rings. The second-order valence-corrected chi connectivity index (χ2v) is 5.63. The zero-order valence-electron chi connectivity index (χ0n) is 12.9. The van der Waals surface area contributed by atoms with Crippen LogP contribution in [-0.4, -0.2) is 49.6 Å². The van der Waals surface area contributed by atoms with E-state index in [2.05, 4.69) is 5.32 Å². The molecule has 0 spiro atoms. The maximum absolute atomic E-state index is 12.4. The van der Waals surface area contributed by atoms with E-state index in [-0.39, 0.29) is 30.9 Å². The number of hydrogen-bond donors (Lipinski definition) is 2. The van der Waals surface area contributed by atoms with Crippen LogP contribution in [0.4, 0.5) is 0 Å². The van der Waals surface area contributed by atoms with Gasteiger partial charge in [0, 0.05) is 6.54 Å². The molecule has 0 aromatic heterocycles. The number of hydrogen-bond acceptors (Lipinski definition) is 5. The lowest BCUT2D eigenvalue weighted by molar-refractivity contribution is -0.133. The minimum atomic E-state index is -0.326. The molecular formula is C16H21N3O4. The average Bonchev–Trinajstić information content (AvgIpc) is 3.08. The van der Waals surface area contributed by atoms with Crippen molar-refractivity contribution in [3.8, 4) is 11.5 Å². The Hall–Kier alpha value is -2.28. The number of benzene rings is 1. The zero-order valence-corrected chi connectivity index (χ0v) is 12.9. The van der Waals surface area contributed by atoms with E-state index < -0.39 is 0 Å². The van der Waals surface area contributed by atoms with Gasteiger partial charge >= 0.3 is 0 Å². The SMILES string of the molecule is NCC(=O)NCC(=O)N1CCCC1c1ccc2c(c1)OCCO2. The Morgan fingerprint density at radius 3 is 2.83 bits per heavy atom. The number of fused-ring (bicyclic) bond motifs is 1. The molecule has 2 heterocycles. The van der Waals surface area contributed by atoms with Crippen molar-refractivity contribution in [2.75, 3.05) is 32.8 Å². The summed E-state index contributed by atoms with van der Waals surface area (Å²) >= 11 is 0. The summed E-state index contributed by atoms with van der Waals surface area (Å²) in [5.74, 6) is 1.05. The third kappa shape index (κ3) is 3.39. The second-order valence-electron chi connectivity index (χ2n) is 5.63. The minimum absolute atomic E-state index is 0.00750. The molecule has 2 aliphatic rings. The number of carbonyl (C=O) groups is 2. The molecule has 7 heteroatoms. The number of carbonyl (C=O) groups excluding carboxylic acids is 2. The van der Waals surface area contributed by atoms with Crippen LogP contribution in [0.15, 0.2) is 18.2 Å². The Balaban J connectivity index is 1.71. The molecule has 0 radical (unpaired) electrons. The van der Waals surface area contributed by atoms with Crippen LogP contribution in [0, 0.1) is 0 Å². The summed E-state index contributed by atoms with van der Waals surface area (Å²) in [6.07, 6.45) is 1.84. The molecule has 23 heavy (non-hydrogen) atoms. The number of likely N-dealkylation sites (tertiary alicyclic amines) is 1. The summed E-state index contributed by atoms with van der Waals surface area (Å²) in [4.78, 5) is 25.4. The maximum atomic E-state index is 12.4. The third-order valence-corrected chi connectivity index (χ3v) is 4.15. The molecular weight excluding hydrogens is 298 g/mol. The monoisotopic (exact) mass is 319 g/mol. The molecule has 3 rings (SSSR count). The van der Waals surface area contributed by atoms with E-state index in [1.54, 1.807) is 0 Å². The van der Waals surface area contributed by atoms with Gasteiger partial charge < -0.3 is 25.4 Å². The van der Waals surface area contributed by atoms with Crippen molar-refractivity contribution >= 4 is 11.8 Å². The quantitative estimate of drug-likeness (QED) is 0.826. The predicted molar refractivity (Wildman–Crippen MR) is 83.2 cm³/mol. The Morgan fingerprint density at radius 1 is 1.26 bits per heavy atom. The van der Waals surface area contributed by atoms with E-state index in [9.17, 15) is 9.59 Å². The van der Waals surface area contributed by atoms with Gasteiger partial charge in [0.2, 0.25) is 11.8 Å². The van der Waals surface area contributed by atoms with Crippen LogP contribution < -0.4 is 20.5 Å². The molecule has 1 saturated heterocycles. The summed E-state index contributed by atoms with van der Waals surface area (Å²) < 4.78 is 11.1. The molecule has 0 saturated carbocycles. The highest BCUT2D eigenvalue weighted by molar-refractivity contribution is 5.85. The van der Waals surface area contributed by atoms with Crippen LogP contribution in [0.2, 0.25) is 0 Å². The molecule has 0 bridgehead atoms. The third-order valence-electron chi connectivity index (χ3n) is 4.15. The number of rotatable bonds is 4. The number of nitrogens with zero attached hydrogens (tertiary/aromatic N) is 1. The normalized spacial score (nSPS) is 19.5. The molecule has 0 aliphatic carbocycles. The van der Waals surface area contributed by atoms with Gasteiger partial charge in [0.25, 0.3) is 0 Å². The van der Waals surface area contributed by atoms with Crippen molar-refractivity contribution in [1.82, 2.24) is 10.2 Å². The first-order valence-corrected chi connectivity index (χ1v) is 7.85. The lowest BCUT2D eigenvalue weighted by Gasteiger charge is -2.27. The summed E-state index contributed by atoms with van der Waals surface area (Å²) in [7, 11) is 0. The van der Waals surface area contributed by atoms with Crippen molar-refractivity contribution in [2.45, 2.75) is 18.9 Å². The van der Waals surface area contributed by atoms with Crippen molar-refractivity contribution in [2.24, 2.45) is 5.73 Å². The molecule has 7 nitrogen and oxygen atoms in total. The van der Waals surface area contributed by atoms with E-state index >= 15 is 0 Å². The van der Waals surface area contributed by atoms with E-state index in [0.717, 1.165) is 29.9 Å². The second kappa shape index (κ2) is 6.87. The van der Waals surface area contributed by atoms with E-state index in [1.807, 2.05) is 23.1 Å². The summed E-state index contributed by atoms with van der Waals surface area (Å²) in [5, 5.41) is 2.53. The van der Waals surface area contributed by atoms with E-state index in [0.29, 0.717) is 19.8 Å². The fraction of sp³-hybridized carbons (Fsp3) is 0.500. The largest absolute Gasteiger partial charge is 0.486 e. The first-order chi connectivity index (χ1) is 11.2. The highest BCUT2D eigenvalue weighted by Gasteiger charge is 2.30. The van der Waals surface area contributed by atoms with Gasteiger partial charge in [0.15, 0.2) is 11.5 Å². The zero-order chi connectivity index (χ0) is 16.2. The van der Waals surface area contributed by atoms with Crippen LogP contribution in [0.1, 0.15) is 24.4 Å². The minimum Gasteiger partial charge on any atom is -0.486 e. The summed E-state index contributed by atoms with van der Waals surface area (Å²) in [6.45, 7) is 1.66. The highest BCUT2D eigenvalue weighted by atomic mass is 16.6. The fourth-order valence-electron chi connectivity index (χ4n) is 3.03. The first kappa shape index (κ1) is 15.6. The van der Waals surface area contributed by atoms with Crippen LogP contribution >= 0.6 is 0 Å². The Labute approximate surface area is 134 Å². The van der Waals surface area contributed by atoms with Gasteiger partial charge in [-0.3, -0.25) is 9.59 Å². The lowest BCUT2D eigenvalue weighted by atomic mass is 10.0. The molecule has 2 aliphatic heterocycles. The molecule has 3 N–H and O–H groups in total. The van der Waals surface area contributed by atoms with Gasteiger partial charge in [0.1, 0.15) is 13.2 Å². The van der Waals surface area contributed by atoms with Crippen molar-refractivity contribution in [3.63, 3.8) is 0 Å². The summed E-state index contributed by atoms with van der Waals surface area (Å²) in [6, 6.07) is 5.82. The average molecular weight is 319 g/mol. The van der Waals surface area contributed by atoms with Gasteiger partial charge in [-0.15, -0.1) is 0 Å². The number of nitrogens with two attached hydrogens (primary N) is 1. The maximum Gasteiger partial charge on any atom is 0.242 e. The fourth-order valence-corrected chi connectivity index (χ4v) is 3.03. The molecule has 124 valence electrons. The Kier molecular flexibility index (Phi) is 4.66. The smallest absolute Gasteiger partial charge is 0.242 e. The number of nitrogens with one attached hydrogen (secondary N) is 1. The van der Waals surface area contributed by atoms with Crippen LogP contribution in [0.25, 0.3) is 0 Å². The molecule has 1 unspecified atom stereocenters. The molecule has 2 amide bonds. The number of ether oxygens (including phenoxy) is 2. The van der Waals surface area contributed by atoms with E-state index in [4.69, 9.17) is 15.2 Å². The van der Waals surface area contributed by atoms with Gasteiger partial charge in [0.05, 0.1) is 19.1 Å². The standard InChI is InChI=1S/C16H21N3O4/c17-9-15(20)18-10-16(21)19-5-1-2-12(19)11-3-4-13-14(8-11)23-7-6-22-13/h3-4,8,12H,1-2,5-7,9-10,17H2,(H,18,20). The molecule has 1 fully saturated rings. The Bertz CT molecular complexity index is 605. The highest BCUT2D eigenvalue weighted by Crippen LogP contribution is 2.37. The van der Waals surface area contributed by atoms with Gasteiger partial charge in [-0.25, -0.2) is 0 Å². The van der Waals surface area contributed by atoms with Crippen molar-refractivity contribution in [1.29, 1.82) is 0 Å². The lowest BCUT2D eigenvalue weighted by Crippen LogP contribution is -2.41. The van der Waals surface area contributed by atoms with Gasteiger partial charge in [-0.05, 0) is 30.5 Å². The summed E-state index contributed by atoms with van der Waals surface area (Å²) in [5.41, 5.74) is 6.26. The van der Waals surface area contributed by atoms with Crippen LogP contribution in [-0.2, 0) is 9.59 Å². The van der Waals surface area contributed by atoms with Gasteiger partial charge in [-0.2, -0.15) is 0 Å². The van der Waals surface area contributed by atoms with Crippen LogP contribution in [0.5, 0.6) is 11.5 Å². The Morgan fingerprint density at radius 2 is 2.04 bits per heavy atom. The molecule has 1 aromatic carbocycles. The first-order valence-electron chi connectivity index (χ1n) is 7.85. The van der Waals surface area contributed by atoms with Crippen LogP contribution in [0.3, 0.4) is 0 Å². The number of amides is 2. The van der Waals surface area contributed by atoms with Crippen molar-refractivity contribution in [3.05, 3.63) is 23.8 Å². The predicted octanol–water partition coefficient (Wildman–Crippen LogP) is 0.196. The molecule has 1 atom stereocenters. The van der Waals surface area contributed by atoms with Crippen molar-refractivity contribution < 1.29 is 19.1 Å². The van der Waals surface area contributed by atoms with E-state index in [1.165, 1.54) is 0 Å². The topological polar surface area (TPSA) is 93.9 Å². The van der Waals surface area contributed by atoms with Gasteiger partial charge in [-0.1, -0.05) is 6.07 Å².